The summed E-state index contributed by atoms with van der Waals surface area (Å²) < 4.78 is 30.0. The van der Waals surface area contributed by atoms with Gasteiger partial charge in [0.15, 0.2) is 13.2 Å². The average Bonchev–Trinajstić information content (AvgIpc) is 2.87. The molecule has 0 saturated heterocycles. The lowest BCUT2D eigenvalue weighted by molar-refractivity contribution is -0.160. The molecule has 10 heteroatoms. The summed E-state index contributed by atoms with van der Waals surface area (Å²) in [5, 5.41) is 0. The van der Waals surface area contributed by atoms with Gasteiger partial charge in [0.1, 0.15) is 37.9 Å². The number of rotatable bonds is 15. The van der Waals surface area contributed by atoms with Crippen molar-refractivity contribution >= 4 is 23.9 Å². The molecule has 0 fully saturated rings. The van der Waals surface area contributed by atoms with Crippen molar-refractivity contribution < 1.29 is 47.6 Å². The summed E-state index contributed by atoms with van der Waals surface area (Å²) in [4.78, 5) is 46.9. The lowest BCUT2D eigenvalue weighted by Crippen LogP contribution is -2.22. The highest BCUT2D eigenvalue weighted by Gasteiger charge is 2.17. The first kappa shape index (κ1) is 26.9. The first-order chi connectivity index (χ1) is 16.9. The van der Waals surface area contributed by atoms with Crippen molar-refractivity contribution in [2.75, 3.05) is 39.6 Å². The minimum Gasteiger partial charge on any atom is -0.490 e. The molecule has 0 heterocycles. The molecular weight excluding hydrogens is 460 g/mol. The minimum absolute atomic E-state index is 0.0290. The van der Waals surface area contributed by atoms with Gasteiger partial charge in [0.25, 0.3) is 0 Å². The van der Waals surface area contributed by atoms with Crippen LogP contribution in [0.15, 0.2) is 72.8 Å². The van der Waals surface area contributed by atoms with Gasteiger partial charge in [0, 0.05) is 5.57 Å². The van der Waals surface area contributed by atoms with E-state index in [-0.39, 0.29) is 32.0 Å². The number of hydrogen-bond acceptors (Lipinski definition) is 10. The fourth-order valence-corrected chi connectivity index (χ4v) is 2.41. The van der Waals surface area contributed by atoms with Gasteiger partial charge in [-0.15, -0.1) is 0 Å². The SMILES string of the molecule is C=C(CC(=O)OCC(=O)OCCOc1ccccc1)C(=O)OCC(=O)OCCOc1ccccc1. The predicted molar refractivity (Wildman–Crippen MR) is 121 cm³/mol. The number of carbonyl (C=O) groups is 4. The van der Waals surface area contributed by atoms with Crippen molar-refractivity contribution in [2.24, 2.45) is 0 Å². The third kappa shape index (κ3) is 11.9. The van der Waals surface area contributed by atoms with E-state index in [2.05, 4.69) is 6.58 Å². The summed E-state index contributed by atoms with van der Waals surface area (Å²) in [6, 6.07) is 17.9. The van der Waals surface area contributed by atoms with Crippen LogP contribution in [0.25, 0.3) is 0 Å². The van der Waals surface area contributed by atoms with E-state index in [1.165, 1.54) is 0 Å². The summed E-state index contributed by atoms with van der Waals surface area (Å²) in [7, 11) is 0. The fraction of sp³-hybridized carbons (Fsp3) is 0.280. The fourth-order valence-electron chi connectivity index (χ4n) is 2.41. The van der Waals surface area contributed by atoms with Gasteiger partial charge < -0.3 is 28.4 Å². The maximum absolute atomic E-state index is 11.9. The van der Waals surface area contributed by atoms with Gasteiger partial charge >= 0.3 is 23.9 Å². The molecule has 0 atom stereocenters. The van der Waals surface area contributed by atoms with E-state index >= 15 is 0 Å². The molecule has 35 heavy (non-hydrogen) atoms. The molecule has 2 aromatic rings. The Bertz CT molecular complexity index is 972. The highest BCUT2D eigenvalue weighted by molar-refractivity contribution is 5.94. The van der Waals surface area contributed by atoms with Crippen LogP contribution in [0.2, 0.25) is 0 Å². The van der Waals surface area contributed by atoms with Gasteiger partial charge in [-0.25, -0.2) is 14.4 Å². The highest BCUT2D eigenvalue weighted by Crippen LogP contribution is 2.09. The quantitative estimate of drug-likeness (QED) is 0.160. The molecule has 0 saturated carbocycles. The van der Waals surface area contributed by atoms with Crippen LogP contribution in [0.4, 0.5) is 0 Å². The van der Waals surface area contributed by atoms with Gasteiger partial charge in [0.2, 0.25) is 0 Å². The first-order valence-electron chi connectivity index (χ1n) is 10.6. The topological polar surface area (TPSA) is 124 Å². The van der Waals surface area contributed by atoms with Gasteiger partial charge in [-0.3, -0.25) is 4.79 Å². The van der Waals surface area contributed by atoms with Gasteiger partial charge in [-0.1, -0.05) is 43.0 Å². The van der Waals surface area contributed by atoms with Crippen molar-refractivity contribution in [1.82, 2.24) is 0 Å². The number of ether oxygens (including phenoxy) is 6. The molecule has 0 amide bonds. The lowest BCUT2D eigenvalue weighted by atomic mass is 10.2. The molecule has 0 aliphatic rings. The zero-order valence-electron chi connectivity index (χ0n) is 19.0. The van der Waals surface area contributed by atoms with Crippen molar-refractivity contribution in [2.45, 2.75) is 6.42 Å². The van der Waals surface area contributed by atoms with E-state index in [9.17, 15) is 19.2 Å². The lowest BCUT2D eigenvalue weighted by Gasteiger charge is -2.09. The second kappa shape index (κ2) is 15.5. The number of hydrogen-bond donors (Lipinski definition) is 0. The zero-order chi connectivity index (χ0) is 25.3. The van der Waals surface area contributed by atoms with Crippen molar-refractivity contribution in [3.63, 3.8) is 0 Å². The Balaban J connectivity index is 1.51. The van der Waals surface area contributed by atoms with Crippen molar-refractivity contribution in [3.8, 4) is 11.5 Å². The van der Waals surface area contributed by atoms with Crippen LogP contribution in [0.1, 0.15) is 6.42 Å². The van der Waals surface area contributed by atoms with Gasteiger partial charge in [-0.05, 0) is 24.3 Å². The molecule has 0 bridgehead atoms. The second-order valence-electron chi connectivity index (χ2n) is 6.78. The predicted octanol–water partition coefficient (Wildman–Crippen LogP) is 2.26. The maximum atomic E-state index is 11.9. The largest absolute Gasteiger partial charge is 0.490 e. The molecule has 0 spiro atoms. The summed E-state index contributed by atoms with van der Waals surface area (Å²) in [6.45, 7) is 2.33. The number of benzene rings is 2. The van der Waals surface area contributed by atoms with Crippen LogP contribution in [0.3, 0.4) is 0 Å². The van der Waals surface area contributed by atoms with Crippen LogP contribution in [0, 0.1) is 0 Å². The monoisotopic (exact) mass is 486 g/mol. The van der Waals surface area contributed by atoms with Crippen LogP contribution in [-0.4, -0.2) is 63.5 Å². The molecule has 0 aliphatic carbocycles. The Kier molecular flexibility index (Phi) is 11.9. The maximum Gasteiger partial charge on any atom is 0.344 e. The Morgan fingerprint density at radius 1 is 0.571 bits per heavy atom. The van der Waals surface area contributed by atoms with Gasteiger partial charge in [0.05, 0.1) is 6.42 Å². The van der Waals surface area contributed by atoms with Crippen LogP contribution in [-0.2, 0) is 38.1 Å². The van der Waals surface area contributed by atoms with Crippen molar-refractivity contribution in [1.29, 1.82) is 0 Å². The summed E-state index contributed by atoms with van der Waals surface area (Å²) in [5.74, 6) is -2.16. The molecule has 10 nitrogen and oxygen atoms in total. The Morgan fingerprint density at radius 3 is 1.51 bits per heavy atom. The molecule has 2 rings (SSSR count). The van der Waals surface area contributed by atoms with E-state index in [0.717, 1.165) is 0 Å². The molecule has 2 aromatic carbocycles. The van der Waals surface area contributed by atoms with Crippen LogP contribution < -0.4 is 9.47 Å². The van der Waals surface area contributed by atoms with E-state index in [1.54, 1.807) is 48.5 Å². The van der Waals surface area contributed by atoms with E-state index < -0.39 is 43.5 Å². The minimum atomic E-state index is -0.972. The van der Waals surface area contributed by atoms with Gasteiger partial charge in [-0.2, -0.15) is 0 Å². The summed E-state index contributed by atoms with van der Waals surface area (Å²) >= 11 is 0. The normalized spacial score (nSPS) is 9.94. The van der Waals surface area contributed by atoms with E-state index in [0.29, 0.717) is 11.5 Å². The first-order valence-corrected chi connectivity index (χ1v) is 10.6. The van der Waals surface area contributed by atoms with Crippen molar-refractivity contribution in [3.05, 3.63) is 72.8 Å². The molecular formula is C25H26O10. The summed E-state index contributed by atoms with van der Waals surface area (Å²) in [6.07, 6.45) is -0.525. The molecule has 186 valence electrons. The van der Waals surface area contributed by atoms with Crippen LogP contribution in [0.5, 0.6) is 11.5 Å². The molecule has 0 aliphatic heterocycles. The number of carbonyl (C=O) groups excluding carboxylic acids is 4. The molecule has 0 unspecified atom stereocenters. The van der Waals surface area contributed by atoms with E-state index in [1.807, 2.05) is 12.1 Å². The van der Waals surface area contributed by atoms with E-state index in [4.69, 9.17) is 28.4 Å². The second-order valence-corrected chi connectivity index (χ2v) is 6.78. The smallest absolute Gasteiger partial charge is 0.344 e. The van der Waals surface area contributed by atoms with Crippen LogP contribution >= 0.6 is 0 Å². The third-order valence-electron chi connectivity index (χ3n) is 4.04. The highest BCUT2D eigenvalue weighted by atomic mass is 16.6. The number of para-hydroxylation sites is 2. The molecule has 0 N–H and O–H groups in total. The molecule has 0 aromatic heterocycles. The zero-order valence-corrected chi connectivity index (χ0v) is 19.0. The molecule has 0 radical (unpaired) electrons. The summed E-state index contributed by atoms with van der Waals surface area (Å²) in [5.41, 5.74) is -0.250. The number of esters is 4. The Hall–Kier alpha value is -4.34. The Morgan fingerprint density at radius 2 is 1.03 bits per heavy atom. The Labute approximate surface area is 202 Å². The average molecular weight is 486 g/mol. The third-order valence-corrected chi connectivity index (χ3v) is 4.04. The standard InChI is InChI=1S/C25H26O10/c1-19(25(29)35-18-24(28)33-15-13-31-21-10-6-3-7-11-21)16-22(26)34-17-23(27)32-14-12-30-20-8-4-2-5-9-20/h2-11H,1,12-18H2.